The van der Waals surface area contributed by atoms with Gasteiger partial charge in [-0.3, -0.25) is 28.5 Å². The number of carbonyl (C=O) groups excluding carboxylic acids is 5. The van der Waals surface area contributed by atoms with Gasteiger partial charge in [0.2, 0.25) is 23.6 Å². The molecule has 0 radical (unpaired) electrons. The van der Waals surface area contributed by atoms with Crippen LogP contribution >= 0.6 is 7.60 Å². The predicted molar refractivity (Wildman–Crippen MR) is 159 cm³/mol. The van der Waals surface area contributed by atoms with Gasteiger partial charge in [-0.2, -0.15) is 8.78 Å². The lowest BCUT2D eigenvalue weighted by Crippen LogP contribution is -2.61. The molecule has 4 heterocycles. The van der Waals surface area contributed by atoms with Crippen molar-refractivity contribution in [2.45, 2.75) is 75.8 Å². The van der Waals surface area contributed by atoms with Crippen LogP contribution in [0, 0.1) is 0 Å². The molecule has 1 aromatic heterocycles. The first-order valence-electron chi connectivity index (χ1n) is 15.1. The number of rotatable bonds is 7. The molecule has 1 aromatic carbocycles. The Kier molecular flexibility index (Phi) is 9.26. The lowest BCUT2D eigenvalue weighted by molar-refractivity contribution is -0.145. The van der Waals surface area contributed by atoms with Crippen molar-refractivity contribution in [1.82, 2.24) is 30.3 Å². The Morgan fingerprint density at radius 3 is 2.41 bits per heavy atom. The minimum Gasteiger partial charge on any atom is -0.351 e. The van der Waals surface area contributed by atoms with E-state index in [1.165, 1.54) is 22.8 Å². The summed E-state index contributed by atoms with van der Waals surface area (Å²) >= 11 is 0. The van der Waals surface area contributed by atoms with Crippen molar-refractivity contribution in [2.24, 2.45) is 0 Å². The van der Waals surface area contributed by atoms with Crippen LogP contribution in [0.25, 0.3) is 10.9 Å². The molecule has 0 bridgehead atoms. The third-order valence-corrected chi connectivity index (χ3v) is 10.0. The smallest absolute Gasteiger partial charge is 0.351 e. The van der Waals surface area contributed by atoms with E-state index in [0.717, 1.165) is 18.2 Å². The molecule has 3 aliphatic heterocycles. The zero-order valence-corrected chi connectivity index (χ0v) is 26.3. The standard InChI is InChI=1S/C29H37F2N6O8P/c1-3-25(39)36-10-8-19(14-36)32-27(41)24-7-5-20-9-11-35(16(2)38)15-23(28(42)37(20)24)34-26(40)22-13-17-12-18(4-6-21(17)33-22)29(30,31)46(43,44)45/h4,6,12-13,19-20,23-24,33H,3,5,7-11,14-15H2,1-2H3,(H,32,41)(H,34,40)(H2,43,44,45)/t19-,20-,23+,24+/m1/s1. The highest BCUT2D eigenvalue weighted by Gasteiger charge is 2.50. The summed E-state index contributed by atoms with van der Waals surface area (Å²) in [6, 6.07) is 1.42. The van der Waals surface area contributed by atoms with Crippen LogP contribution in [0.2, 0.25) is 0 Å². The number of amides is 5. The van der Waals surface area contributed by atoms with E-state index in [1.807, 2.05) is 0 Å². The number of halogens is 2. The van der Waals surface area contributed by atoms with Crippen LogP contribution in [-0.2, 0) is 29.4 Å². The molecule has 250 valence electrons. The number of benzene rings is 1. The molecular formula is C29H37F2N6O8P. The summed E-state index contributed by atoms with van der Waals surface area (Å²) in [5, 5.41) is 5.69. The molecule has 46 heavy (non-hydrogen) atoms. The molecule has 0 spiro atoms. The van der Waals surface area contributed by atoms with Crippen LogP contribution in [0.3, 0.4) is 0 Å². The average Bonchev–Trinajstić information content (AvgIpc) is 3.74. The van der Waals surface area contributed by atoms with Crippen LogP contribution in [0.4, 0.5) is 8.78 Å². The molecule has 0 saturated carbocycles. The fourth-order valence-electron chi connectivity index (χ4n) is 6.50. The van der Waals surface area contributed by atoms with Crippen molar-refractivity contribution in [1.29, 1.82) is 0 Å². The van der Waals surface area contributed by atoms with Crippen LogP contribution in [0.15, 0.2) is 24.3 Å². The monoisotopic (exact) mass is 666 g/mol. The van der Waals surface area contributed by atoms with E-state index in [9.17, 15) is 37.3 Å². The summed E-state index contributed by atoms with van der Waals surface area (Å²) in [5.41, 5.74) is -5.26. The summed E-state index contributed by atoms with van der Waals surface area (Å²) in [6.07, 6.45) is 2.31. The van der Waals surface area contributed by atoms with E-state index in [2.05, 4.69) is 15.6 Å². The van der Waals surface area contributed by atoms with Crippen molar-refractivity contribution >= 4 is 48.0 Å². The van der Waals surface area contributed by atoms with E-state index in [4.69, 9.17) is 9.79 Å². The Bertz CT molecular complexity index is 1610. The maximum Gasteiger partial charge on any atom is 0.399 e. The second kappa shape index (κ2) is 12.7. The maximum absolute atomic E-state index is 14.3. The number of nitrogens with zero attached hydrogens (tertiary/aromatic N) is 3. The van der Waals surface area contributed by atoms with Crippen LogP contribution < -0.4 is 10.6 Å². The summed E-state index contributed by atoms with van der Waals surface area (Å²) in [6.45, 7) is 4.18. The van der Waals surface area contributed by atoms with Crippen LogP contribution in [0.1, 0.15) is 62.0 Å². The average molecular weight is 667 g/mol. The largest absolute Gasteiger partial charge is 0.399 e. The summed E-state index contributed by atoms with van der Waals surface area (Å²) in [5.74, 6) is -1.98. The van der Waals surface area contributed by atoms with Gasteiger partial charge in [-0.1, -0.05) is 13.0 Å². The lowest BCUT2D eigenvalue weighted by atomic mass is 10.1. The first kappa shape index (κ1) is 33.5. The van der Waals surface area contributed by atoms with Crippen LogP contribution in [0.5, 0.6) is 0 Å². The number of H-pyrrole nitrogens is 1. The van der Waals surface area contributed by atoms with E-state index in [1.54, 1.807) is 11.8 Å². The fourth-order valence-corrected chi connectivity index (χ4v) is 6.97. The quantitative estimate of drug-likeness (QED) is 0.273. The molecule has 14 nitrogen and oxygen atoms in total. The Balaban J connectivity index is 1.35. The SMILES string of the molecule is CCC(=O)N1CC[C@@H](NC(=O)[C@@H]2CC[C@@H]3CCN(C(C)=O)C[C@H](NC(=O)c4cc5cc(C(F)(F)P(=O)(O)O)ccc5[nH]4)C(=O)N32)C1. The Hall–Kier alpha value is -3.88. The maximum atomic E-state index is 14.3. The van der Waals surface area contributed by atoms with Crippen molar-refractivity contribution < 1.29 is 47.1 Å². The summed E-state index contributed by atoms with van der Waals surface area (Å²) in [4.78, 5) is 90.9. The molecule has 5 N–H and O–H groups in total. The van der Waals surface area contributed by atoms with Crippen molar-refractivity contribution in [2.75, 3.05) is 26.2 Å². The molecular weight excluding hydrogens is 629 g/mol. The van der Waals surface area contributed by atoms with E-state index < -0.39 is 42.7 Å². The van der Waals surface area contributed by atoms with Gasteiger partial charge >= 0.3 is 13.3 Å². The molecule has 4 atom stereocenters. The van der Waals surface area contributed by atoms with Gasteiger partial charge in [-0.15, -0.1) is 0 Å². The van der Waals surface area contributed by atoms with Gasteiger partial charge in [-0.05, 0) is 43.9 Å². The molecule has 2 aromatic rings. The van der Waals surface area contributed by atoms with Gasteiger partial charge in [0.05, 0.1) is 0 Å². The number of carbonyl (C=O) groups is 5. The topological polar surface area (TPSA) is 192 Å². The lowest BCUT2D eigenvalue weighted by Gasteiger charge is -2.38. The van der Waals surface area contributed by atoms with E-state index in [0.29, 0.717) is 51.7 Å². The Labute approximate surface area is 263 Å². The van der Waals surface area contributed by atoms with Crippen LogP contribution in [-0.4, -0.2) is 109 Å². The molecule has 5 amide bonds. The van der Waals surface area contributed by atoms with Crippen molar-refractivity contribution in [3.8, 4) is 0 Å². The number of likely N-dealkylation sites (tertiary alicyclic amines) is 1. The minimum absolute atomic E-state index is 0.000265. The zero-order chi connectivity index (χ0) is 33.6. The van der Waals surface area contributed by atoms with E-state index >= 15 is 0 Å². The number of hydrogen-bond acceptors (Lipinski definition) is 6. The summed E-state index contributed by atoms with van der Waals surface area (Å²) in [7, 11) is -5.81. The number of aromatic amines is 1. The van der Waals surface area contributed by atoms with Gasteiger partial charge < -0.3 is 40.1 Å². The molecule has 0 unspecified atom stereocenters. The predicted octanol–water partition coefficient (Wildman–Crippen LogP) is 1.23. The highest BCUT2D eigenvalue weighted by molar-refractivity contribution is 7.52. The number of alkyl halides is 2. The fraction of sp³-hybridized carbons (Fsp3) is 0.552. The Morgan fingerprint density at radius 1 is 1.02 bits per heavy atom. The first-order chi connectivity index (χ1) is 21.6. The van der Waals surface area contributed by atoms with E-state index in [-0.39, 0.29) is 52.9 Å². The molecule has 3 fully saturated rings. The van der Waals surface area contributed by atoms with Gasteiger partial charge in [0, 0.05) is 68.1 Å². The Morgan fingerprint density at radius 2 is 1.74 bits per heavy atom. The second-order valence-corrected chi connectivity index (χ2v) is 13.7. The highest BCUT2D eigenvalue weighted by atomic mass is 31.2. The molecule has 17 heteroatoms. The number of fused-ring (bicyclic) bond motifs is 2. The number of hydrogen-bond donors (Lipinski definition) is 5. The number of aromatic nitrogens is 1. The van der Waals surface area contributed by atoms with Gasteiger partial charge in [0.15, 0.2) is 0 Å². The zero-order valence-electron chi connectivity index (χ0n) is 25.4. The third-order valence-electron chi connectivity index (χ3n) is 9.01. The molecule has 3 saturated heterocycles. The first-order valence-corrected chi connectivity index (χ1v) is 16.7. The third kappa shape index (κ3) is 6.51. The van der Waals surface area contributed by atoms with Gasteiger partial charge in [0.25, 0.3) is 5.91 Å². The van der Waals surface area contributed by atoms with Gasteiger partial charge in [-0.25, -0.2) is 0 Å². The molecule has 0 aliphatic carbocycles. The molecule has 3 aliphatic rings. The van der Waals surface area contributed by atoms with Crippen molar-refractivity contribution in [3.05, 3.63) is 35.5 Å². The summed E-state index contributed by atoms with van der Waals surface area (Å²) < 4.78 is 39.9. The van der Waals surface area contributed by atoms with Gasteiger partial charge in [0.1, 0.15) is 17.8 Å². The normalized spacial score (nSPS) is 24.0. The highest BCUT2D eigenvalue weighted by Crippen LogP contribution is 2.59. The van der Waals surface area contributed by atoms with Crippen molar-refractivity contribution in [3.63, 3.8) is 0 Å². The molecule has 5 rings (SSSR count). The minimum atomic E-state index is -5.81. The number of nitrogens with one attached hydrogen (secondary N) is 3. The second-order valence-electron chi connectivity index (χ2n) is 12.0.